The van der Waals surface area contributed by atoms with Crippen LogP contribution in [0.4, 0.5) is 4.79 Å². The van der Waals surface area contributed by atoms with E-state index < -0.39 is 11.4 Å². The molecule has 1 saturated carbocycles. The topological polar surface area (TPSA) is 78.4 Å². The summed E-state index contributed by atoms with van der Waals surface area (Å²) < 4.78 is 0. The second-order valence-electron chi connectivity index (χ2n) is 6.43. The maximum absolute atomic E-state index is 11.9. The van der Waals surface area contributed by atoms with E-state index in [9.17, 15) is 9.59 Å². The van der Waals surface area contributed by atoms with E-state index in [4.69, 9.17) is 5.11 Å². The SMILES string of the molecule is CCC(NC(=O)NCC(C)(C)C(=O)O)C1CCCCC1. The summed E-state index contributed by atoms with van der Waals surface area (Å²) in [6, 6.07) is -0.0556. The van der Waals surface area contributed by atoms with Crippen molar-refractivity contribution in [2.24, 2.45) is 11.3 Å². The lowest BCUT2D eigenvalue weighted by Gasteiger charge is -2.30. The van der Waals surface area contributed by atoms with Gasteiger partial charge in [0.25, 0.3) is 0 Å². The molecule has 2 amide bonds. The maximum atomic E-state index is 11.9. The Kier molecular flexibility index (Phi) is 6.30. The molecule has 5 nitrogen and oxygen atoms in total. The molecule has 1 aliphatic carbocycles. The molecule has 1 unspecified atom stereocenters. The summed E-state index contributed by atoms with van der Waals surface area (Å²) in [5.74, 6) is -0.343. The number of amides is 2. The summed E-state index contributed by atoms with van der Waals surface area (Å²) in [4.78, 5) is 22.9. The molecule has 1 atom stereocenters. The first-order valence-corrected chi connectivity index (χ1v) is 7.64. The van der Waals surface area contributed by atoms with Crippen LogP contribution in [0.25, 0.3) is 0 Å². The number of aliphatic carboxylic acids is 1. The Morgan fingerprint density at radius 2 is 1.85 bits per heavy atom. The van der Waals surface area contributed by atoms with Gasteiger partial charge in [-0.1, -0.05) is 26.2 Å². The van der Waals surface area contributed by atoms with Gasteiger partial charge in [0.15, 0.2) is 0 Å². The minimum atomic E-state index is -0.941. The van der Waals surface area contributed by atoms with Crippen molar-refractivity contribution in [2.45, 2.75) is 65.3 Å². The van der Waals surface area contributed by atoms with E-state index in [2.05, 4.69) is 17.6 Å². The highest BCUT2D eigenvalue weighted by Gasteiger charge is 2.28. The van der Waals surface area contributed by atoms with E-state index in [1.165, 1.54) is 32.1 Å². The number of urea groups is 1. The molecule has 0 bridgehead atoms. The molecule has 0 aromatic carbocycles. The largest absolute Gasteiger partial charge is 0.481 e. The molecule has 20 heavy (non-hydrogen) atoms. The smallest absolute Gasteiger partial charge is 0.315 e. The Morgan fingerprint density at radius 3 is 2.35 bits per heavy atom. The summed E-state index contributed by atoms with van der Waals surface area (Å²) in [6.07, 6.45) is 7.07. The quantitative estimate of drug-likeness (QED) is 0.701. The van der Waals surface area contributed by atoms with Gasteiger partial charge in [-0.05, 0) is 39.0 Å². The summed E-state index contributed by atoms with van der Waals surface area (Å²) in [5.41, 5.74) is -0.941. The normalized spacial score (nSPS) is 18.4. The summed E-state index contributed by atoms with van der Waals surface area (Å²) >= 11 is 0. The molecule has 0 saturated heterocycles. The van der Waals surface area contributed by atoms with E-state index >= 15 is 0 Å². The number of carboxylic acids is 1. The highest BCUT2D eigenvalue weighted by molar-refractivity contribution is 5.77. The van der Waals surface area contributed by atoms with Crippen molar-refractivity contribution in [1.82, 2.24) is 10.6 Å². The van der Waals surface area contributed by atoms with E-state index in [-0.39, 0.29) is 18.6 Å². The lowest BCUT2D eigenvalue weighted by atomic mass is 9.83. The Morgan fingerprint density at radius 1 is 1.25 bits per heavy atom. The lowest BCUT2D eigenvalue weighted by Crippen LogP contribution is -2.48. The van der Waals surface area contributed by atoms with Crippen molar-refractivity contribution in [3.63, 3.8) is 0 Å². The van der Waals surface area contributed by atoms with Gasteiger partial charge >= 0.3 is 12.0 Å². The predicted octanol–water partition coefficient (Wildman–Crippen LogP) is 2.76. The number of carbonyl (C=O) groups is 2. The van der Waals surface area contributed by atoms with Gasteiger partial charge in [-0.2, -0.15) is 0 Å². The third-order valence-corrected chi connectivity index (χ3v) is 4.25. The standard InChI is InChI=1S/C15H28N2O3/c1-4-12(11-8-6-5-7-9-11)17-14(20)16-10-15(2,3)13(18)19/h11-12H,4-10H2,1-3H3,(H,18,19)(H2,16,17,20). The van der Waals surface area contributed by atoms with Crippen molar-refractivity contribution in [3.8, 4) is 0 Å². The van der Waals surface area contributed by atoms with Gasteiger partial charge in [0.2, 0.25) is 0 Å². The minimum Gasteiger partial charge on any atom is -0.481 e. The van der Waals surface area contributed by atoms with Crippen molar-refractivity contribution in [3.05, 3.63) is 0 Å². The Balaban J connectivity index is 2.41. The van der Waals surface area contributed by atoms with Gasteiger partial charge in [-0.15, -0.1) is 0 Å². The molecule has 1 fully saturated rings. The number of hydrogen-bond acceptors (Lipinski definition) is 2. The van der Waals surface area contributed by atoms with Gasteiger partial charge in [-0.25, -0.2) is 4.79 Å². The fourth-order valence-electron chi connectivity index (χ4n) is 2.69. The monoisotopic (exact) mass is 284 g/mol. The number of carbonyl (C=O) groups excluding carboxylic acids is 1. The van der Waals surface area contributed by atoms with Crippen molar-refractivity contribution >= 4 is 12.0 Å². The van der Waals surface area contributed by atoms with Gasteiger partial charge in [0.1, 0.15) is 0 Å². The Bertz CT molecular complexity index is 336. The van der Waals surface area contributed by atoms with Crippen molar-refractivity contribution in [2.75, 3.05) is 6.54 Å². The molecule has 0 radical (unpaired) electrons. The van der Waals surface area contributed by atoms with Crippen LogP contribution in [0.3, 0.4) is 0 Å². The highest BCUT2D eigenvalue weighted by atomic mass is 16.4. The molecule has 3 N–H and O–H groups in total. The van der Waals surface area contributed by atoms with Crippen LogP contribution >= 0.6 is 0 Å². The van der Waals surface area contributed by atoms with E-state index in [1.54, 1.807) is 13.8 Å². The summed E-state index contributed by atoms with van der Waals surface area (Å²) in [7, 11) is 0. The second kappa shape index (κ2) is 7.50. The second-order valence-corrected chi connectivity index (χ2v) is 6.43. The Hall–Kier alpha value is -1.26. The fourth-order valence-corrected chi connectivity index (χ4v) is 2.69. The van der Waals surface area contributed by atoms with Crippen LogP contribution in [0.15, 0.2) is 0 Å². The number of nitrogens with one attached hydrogen (secondary N) is 2. The van der Waals surface area contributed by atoms with E-state index in [0.717, 1.165) is 6.42 Å². The van der Waals surface area contributed by atoms with E-state index in [0.29, 0.717) is 5.92 Å². The van der Waals surface area contributed by atoms with Gasteiger partial charge in [-0.3, -0.25) is 4.79 Å². The number of carboxylic acid groups (broad SMARTS) is 1. The molecule has 1 rings (SSSR count). The van der Waals surface area contributed by atoms with Crippen LogP contribution in [-0.4, -0.2) is 29.7 Å². The summed E-state index contributed by atoms with van der Waals surface area (Å²) in [5, 5.41) is 14.7. The molecule has 0 heterocycles. The number of hydrogen-bond donors (Lipinski definition) is 3. The van der Waals surface area contributed by atoms with Gasteiger partial charge in [0, 0.05) is 12.6 Å². The highest BCUT2D eigenvalue weighted by Crippen LogP contribution is 2.27. The van der Waals surface area contributed by atoms with Crippen LogP contribution in [0.5, 0.6) is 0 Å². The average molecular weight is 284 g/mol. The third kappa shape index (κ3) is 5.02. The third-order valence-electron chi connectivity index (χ3n) is 4.25. The van der Waals surface area contributed by atoms with Crippen molar-refractivity contribution in [1.29, 1.82) is 0 Å². The molecular weight excluding hydrogens is 256 g/mol. The summed E-state index contributed by atoms with van der Waals surface area (Å²) in [6.45, 7) is 5.43. The molecule has 116 valence electrons. The Labute approximate surface area is 121 Å². The fraction of sp³-hybridized carbons (Fsp3) is 0.867. The molecular formula is C15H28N2O3. The lowest BCUT2D eigenvalue weighted by molar-refractivity contribution is -0.146. The van der Waals surface area contributed by atoms with Crippen molar-refractivity contribution < 1.29 is 14.7 Å². The van der Waals surface area contributed by atoms with Crippen LogP contribution in [-0.2, 0) is 4.79 Å². The van der Waals surface area contributed by atoms with Gasteiger partial charge in [0.05, 0.1) is 5.41 Å². The maximum Gasteiger partial charge on any atom is 0.315 e. The first-order valence-electron chi connectivity index (χ1n) is 7.64. The zero-order valence-corrected chi connectivity index (χ0v) is 12.9. The van der Waals surface area contributed by atoms with E-state index in [1.807, 2.05) is 0 Å². The molecule has 0 aliphatic heterocycles. The van der Waals surface area contributed by atoms with Crippen LogP contribution < -0.4 is 10.6 Å². The van der Waals surface area contributed by atoms with Gasteiger partial charge < -0.3 is 15.7 Å². The zero-order chi connectivity index (χ0) is 15.2. The molecule has 0 aromatic rings. The molecule has 0 spiro atoms. The number of rotatable bonds is 6. The first kappa shape index (κ1) is 16.8. The molecule has 0 aromatic heterocycles. The minimum absolute atomic E-state index is 0.134. The molecule has 5 heteroatoms. The van der Waals surface area contributed by atoms with Crippen LogP contribution in [0.1, 0.15) is 59.3 Å². The van der Waals surface area contributed by atoms with Crippen LogP contribution in [0.2, 0.25) is 0 Å². The predicted molar refractivity (Wildman–Crippen MR) is 78.6 cm³/mol. The molecule has 1 aliphatic rings. The van der Waals surface area contributed by atoms with Crippen LogP contribution in [0, 0.1) is 11.3 Å². The first-order chi connectivity index (χ1) is 9.36. The zero-order valence-electron chi connectivity index (χ0n) is 12.9. The average Bonchev–Trinajstić information content (AvgIpc) is 2.43.